The SMILES string of the molecule is N#CC1CC1c1nc(-c2nc3ccccc3cc2Br)no1. The first-order valence-electron chi connectivity index (χ1n) is 6.55. The fraction of sp³-hybridized carbons (Fsp3) is 0.200. The minimum atomic E-state index is 0.00584. The molecule has 1 saturated carbocycles. The number of hydrogen-bond donors (Lipinski definition) is 0. The van der Waals surface area contributed by atoms with Crippen LogP contribution in [0.25, 0.3) is 22.4 Å². The van der Waals surface area contributed by atoms with Crippen molar-refractivity contribution in [3.8, 4) is 17.6 Å². The Morgan fingerprint density at radius 1 is 1.29 bits per heavy atom. The van der Waals surface area contributed by atoms with Crippen molar-refractivity contribution >= 4 is 26.8 Å². The van der Waals surface area contributed by atoms with Crippen LogP contribution in [0.4, 0.5) is 0 Å². The second-order valence-electron chi connectivity index (χ2n) is 5.05. The predicted octanol–water partition coefficient (Wildman–Crippen LogP) is 3.67. The molecule has 0 saturated heterocycles. The largest absolute Gasteiger partial charge is 0.339 e. The van der Waals surface area contributed by atoms with E-state index in [2.05, 4.69) is 37.1 Å². The fourth-order valence-electron chi connectivity index (χ4n) is 2.34. The molecular formula is C15H9BrN4O. The van der Waals surface area contributed by atoms with Gasteiger partial charge in [0.1, 0.15) is 5.69 Å². The third-order valence-corrected chi connectivity index (χ3v) is 4.21. The molecule has 5 nitrogen and oxygen atoms in total. The number of benzene rings is 1. The topological polar surface area (TPSA) is 75.6 Å². The van der Waals surface area contributed by atoms with Gasteiger partial charge in [-0.1, -0.05) is 23.4 Å². The predicted molar refractivity (Wildman–Crippen MR) is 79.2 cm³/mol. The fourth-order valence-corrected chi connectivity index (χ4v) is 2.85. The molecule has 0 aliphatic heterocycles. The lowest BCUT2D eigenvalue weighted by molar-refractivity contribution is 0.378. The number of halogens is 1. The van der Waals surface area contributed by atoms with Crippen LogP contribution in [0.5, 0.6) is 0 Å². The first kappa shape index (κ1) is 12.5. The molecule has 6 heteroatoms. The monoisotopic (exact) mass is 340 g/mol. The summed E-state index contributed by atoms with van der Waals surface area (Å²) in [4.78, 5) is 8.97. The van der Waals surface area contributed by atoms with E-state index in [4.69, 9.17) is 9.78 Å². The summed E-state index contributed by atoms with van der Waals surface area (Å²) in [6.45, 7) is 0. The average Bonchev–Trinajstić information content (AvgIpc) is 3.14. The van der Waals surface area contributed by atoms with Gasteiger partial charge in [-0.25, -0.2) is 4.98 Å². The van der Waals surface area contributed by atoms with Gasteiger partial charge in [0.15, 0.2) is 0 Å². The lowest BCUT2D eigenvalue weighted by Crippen LogP contribution is -1.90. The molecular weight excluding hydrogens is 332 g/mol. The second kappa shape index (κ2) is 4.64. The summed E-state index contributed by atoms with van der Waals surface area (Å²) in [7, 11) is 0. The van der Waals surface area contributed by atoms with E-state index < -0.39 is 0 Å². The standard InChI is InChI=1S/C15H9BrN4O/c16-11-6-8-3-1-2-4-12(8)18-13(11)14-19-15(21-20-14)10-5-9(10)7-17/h1-4,6,9-10H,5H2. The number of hydrogen-bond acceptors (Lipinski definition) is 5. The summed E-state index contributed by atoms with van der Waals surface area (Å²) in [5, 5.41) is 13.9. The van der Waals surface area contributed by atoms with Crippen LogP contribution in [-0.2, 0) is 0 Å². The van der Waals surface area contributed by atoms with Crippen LogP contribution < -0.4 is 0 Å². The van der Waals surface area contributed by atoms with Crippen LogP contribution in [0.3, 0.4) is 0 Å². The highest BCUT2D eigenvalue weighted by Crippen LogP contribution is 2.46. The third kappa shape index (κ3) is 2.10. The number of aromatic nitrogens is 3. The lowest BCUT2D eigenvalue weighted by atomic mass is 10.2. The molecule has 2 aromatic heterocycles. The van der Waals surface area contributed by atoms with Gasteiger partial charge >= 0.3 is 0 Å². The Kier molecular flexibility index (Phi) is 2.76. The number of rotatable bonds is 2. The molecule has 1 aliphatic carbocycles. The minimum absolute atomic E-state index is 0.00584. The summed E-state index contributed by atoms with van der Waals surface area (Å²) in [6.07, 6.45) is 0.796. The molecule has 0 N–H and O–H groups in total. The number of para-hydroxylation sites is 1. The highest BCUT2D eigenvalue weighted by Gasteiger charge is 2.43. The Morgan fingerprint density at radius 2 is 2.14 bits per heavy atom. The second-order valence-corrected chi connectivity index (χ2v) is 5.90. The van der Waals surface area contributed by atoms with E-state index in [0.29, 0.717) is 17.4 Å². The van der Waals surface area contributed by atoms with Gasteiger partial charge in [-0.15, -0.1) is 0 Å². The Morgan fingerprint density at radius 3 is 2.95 bits per heavy atom. The molecule has 0 spiro atoms. The quantitative estimate of drug-likeness (QED) is 0.711. The zero-order chi connectivity index (χ0) is 14.4. The van der Waals surface area contributed by atoms with Crippen molar-refractivity contribution in [2.24, 2.45) is 5.92 Å². The molecule has 0 amide bonds. The summed E-state index contributed by atoms with van der Waals surface area (Å²) in [5.41, 5.74) is 1.53. The van der Waals surface area contributed by atoms with Gasteiger partial charge in [0.05, 0.1) is 23.4 Å². The van der Waals surface area contributed by atoms with Gasteiger partial charge in [0.2, 0.25) is 11.7 Å². The van der Waals surface area contributed by atoms with Crippen molar-refractivity contribution in [2.75, 3.05) is 0 Å². The molecule has 2 atom stereocenters. The summed E-state index contributed by atoms with van der Waals surface area (Å²) >= 11 is 3.51. The van der Waals surface area contributed by atoms with Crippen molar-refractivity contribution in [3.05, 3.63) is 40.7 Å². The van der Waals surface area contributed by atoms with Crippen LogP contribution in [0.2, 0.25) is 0 Å². The van der Waals surface area contributed by atoms with Gasteiger partial charge in [0.25, 0.3) is 0 Å². The van der Waals surface area contributed by atoms with Crippen LogP contribution in [0.1, 0.15) is 18.2 Å². The Labute approximate surface area is 128 Å². The molecule has 1 fully saturated rings. The molecule has 0 bridgehead atoms. The zero-order valence-corrected chi connectivity index (χ0v) is 12.4. The van der Waals surface area contributed by atoms with Crippen molar-refractivity contribution in [1.82, 2.24) is 15.1 Å². The Balaban J connectivity index is 1.76. The van der Waals surface area contributed by atoms with E-state index in [9.17, 15) is 0 Å². The number of nitriles is 1. The van der Waals surface area contributed by atoms with Crippen molar-refractivity contribution in [1.29, 1.82) is 5.26 Å². The highest BCUT2D eigenvalue weighted by atomic mass is 79.9. The molecule has 21 heavy (non-hydrogen) atoms. The number of fused-ring (bicyclic) bond motifs is 1. The Hall–Kier alpha value is -2.26. The highest BCUT2D eigenvalue weighted by molar-refractivity contribution is 9.10. The van der Waals surface area contributed by atoms with Crippen LogP contribution >= 0.6 is 15.9 Å². The first-order valence-corrected chi connectivity index (χ1v) is 7.34. The molecule has 2 unspecified atom stereocenters. The van der Waals surface area contributed by atoms with Gasteiger partial charge in [-0.2, -0.15) is 10.2 Å². The lowest BCUT2D eigenvalue weighted by Gasteiger charge is -2.02. The minimum Gasteiger partial charge on any atom is -0.339 e. The van der Waals surface area contributed by atoms with E-state index in [1.54, 1.807) is 0 Å². The van der Waals surface area contributed by atoms with Crippen molar-refractivity contribution in [2.45, 2.75) is 12.3 Å². The molecule has 2 heterocycles. The van der Waals surface area contributed by atoms with Crippen molar-refractivity contribution in [3.63, 3.8) is 0 Å². The molecule has 1 aromatic carbocycles. The third-order valence-electron chi connectivity index (χ3n) is 3.60. The zero-order valence-electron chi connectivity index (χ0n) is 10.8. The Bertz CT molecular complexity index is 883. The van der Waals surface area contributed by atoms with Gasteiger partial charge in [-0.05, 0) is 34.5 Å². The van der Waals surface area contributed by atoms with E-state index >= 15 is 0 Å². The maximum atomic E-state index is 8.86. The maximum absolute atomic E-state index is 8.86. The molecule has 0 radical (unpaired) electrons. The summed E-state index contributed by atoms with van der Waals surface area (Å²) in [6, 6.07) is 12.1. The molecule has 4 rings (SSSR count). The van der Waals surface area contributed by atoms with Gasteiger partial charge in [0, 0.05) is 9.86 Å². The normalized spacial score (nSPS) is 20.4. The number of nitrogens with zero attached hydrogens (tertiary/aromatic N) is 4. The van der Waals surface area contributed by atoms with Crippen LogP contribution in [0, 0.1) is 17.2 Å². The summed E-state index contributed by atoms with van der Waals surface area (Å²) in [5.74, 6) is 1.06. The van der Waals surface area contributed by atoms with Gasteiger partial charge in [-0.3, -0.25) is 0 Å². The van der Waals surface area contributed by atoms with E-state index in [0.717, 1.165) is 21.8 Å². The molecule has 1 aliphatic rings. The molecule has 3 aromatic rings. The van der Waals surface area contributed by atoms with Gasteiger partial charge < -0.3 is 4.52 Å². The van der Waals surface area contributed by atoms with E-state index in [1.807, 2.05) is 30.3 Å². The summed E-state index contributed by atoms with van der Waals surface area (Å²) < 4.78 is 6.09. The maximum Gasteiger partial charge on any atom is 0.231 e. The van der Waals surface area contributed by atoms with E-state index in [1.165, 1.54) is 0 Å². The average molecular weight is 341 g/mol. The smallest absolute Gasteiger partial charge is 0.231 e. The van der Waals surface area contributed by atoms with Crippen LogP contribution in [-0.4, -0.2) is 15.1 Å². The van der Waals surface area contributed by atoms with Crippen LogP contribution in [0.15, 0.2) is 39.3 Å². The molecule has 102 valence electrons. The van der Waals surface area contributed by atoms with Crippen molar-refractivity contribution < 1.29 is 4.52 Å². The first-order chi connectivity index (χ1) is 10.3. The number of pyridine rings is 1. The van der Waals surface area contributed by atoms with E-state index in [-0.39, 0.29) is 11.8 Å².